The molecule has 3 heterocycles. The minimum atomic E-state index is -4.40. The number of carboxylic acid groups (broad SMARTS) is 1. The summed E-state index contributed by atoms with van der Waals surface area (Å²) in [5.41, 5.74) is 1.68. The van der Waals surface area contributed by atoms with Gasteiger partial charge in [-0.25, -0.2) is 9.31 Å². The number of aromatic amines is 1. The van der Waals surface area contributed by atoms with Crippen molar-refractivity contribution in [3.05, 3.63) is 29.5 Å². The van der Waals surface area contributed by atoms with Gasteiger partial charge < -0.3 is 14.8 Å². The summed E-state index contributed by atoms with van der Waals surface area (Å²) in [6.45, 7) is 1.56. The Balaban J connectivity index is 1.89. The van der Waals surface area contributed by atoms with Crippen LogP contribution in [0.5, 0.6) is 5.88 Å². The van der Waals surface area contributed by atoms with Crippen LogP contribution in [0, 0.1) is 6.92 Å². The van der Waals surface area contributed by atoms with Crippen molar-refractivity contribution < 1.29 is 27.6 Å². The van der Waals surface area contributed by atoms with Gasteiger partial charge in [0, 0.05) is 0 Å². The van der Waals surface area contributed by atoms with Crippen LogP contribution in [0.3, 0.4) is 0 Å². The highest BCUT2D eigenvalue weighted by molar-refractivity contribution is 7.85. The summed E-state index contributed by atoms with van der Waals surface area (Å²) < 4.78 is 42.6. The summed E-state index contributed by atoms with van der Waals surface area (Å²) in [6, 6.07) is 3.96. The predicted molar refractivity (Wildman–Crippen MR) is 101 cm³/mol. The van der Waals surface area contributed by atoms with Gasteiger partial charge in [-0.05, 0) is 36.7 Å². The Morgan fingerprint density at radius 1 is 1.34 bits per heavy atom. The molecule has 0 saturated heterocycles. The number of hydrogen-bond donors (Lipinski definition) is 3. The molecule has 150 valence electrons. The van der Waals surface area contributed by atoms with Crippen molar-refractivity contribution in [2.24, 2.45) is 10.2 Å². The van der Waals surface area contributed by atoms with Crippen molar-refractivity contribution in [1.82, 2.24) is 19.0 Å². The number of benzene rings is 1. The zero-order chi connectivity index (χ0) is 20.9. The topological polar surface area (TPSA) is 172 Å². The van der Waals surface area contributed by atoms with Crippen molar-refractivity contribution >= 4 is 55.0 Å². The van der Waals surface area contributed by atoms with E-state index >= 15 is 0 Å². The molecule has 0 radical (unpaired) electrons. The zero-order valence-electron chi connectivity index (χ0n) is 14.8. The molecule has 0 atom stereocenters. The van der Waals surface area contributed by atoms with E-state index in [1.54, 1.807) is 6.92 Å². The Bertz CT molecular complexity index is 1410. The van der Waals surface area contributed by atoms with Gasteiger partial charge in [-0.15, -0.1) is 15.3 Å². The SMILES string of the molecule is COc1nn2c([nH]c3ccc(S(=O)(=O)O)cc32)c1/N=N/c1snc(C)c1C(=O)O. The molecule has 3 N–H and O–H groups in total. The maximum Gasteiger partial charge on any atom is 0.340 e. The molecule has 0 spiro atoms. The lowest BCUT2D eigenvalue weighted by molar-refractivity contribution is 0.0697. The molecular formula is C15H12N6O6S2. The fourth-order valence-electron chi connectivity index (χ4n) is 2.75. The zero-order valence-corrected chi connectivity index (χ0v) is 16.4. The number of aromatic carboxylic acids is 1. The number of rotatable bonds is 5. The second-order valence-corrected chi connectivity index (χ2v) is 8.02. The van der Waals surface area contributed by atoms with Gasteiger partial charge >= 0.3 is 5.97 Å². The van der Waals surface area contributed by atoms with Gasteiger partial charge in [0.25, 0.3) is 16.0 Å². The maximum absolute atomic E-state index is 11.4. The molecule has 4 rings (SSSR count). The summed E-state index contributed by atoms with van der Waals surface area (Å²) in [5, 5.41) is 21.7. The van der Waals surface area contributed by atoms with Crippen molar-refractivity contribution in [3.63, 3.8) is 0 Å². The Labute approximate surface area is 166 Å². The fourth-order valence-corrected chi connectivity index (χ4v) is 3.97. The van der Waals surface area contributed by atoms with Crippen molar-refractivity contribution in [2.75, 3.05) is 7.11 Å². The number of methoxy groups -OCH3 is 1. The van der Waals surface area contributed by atoms with E-state index in [-0.39, 0.29) is 27.0 Å². The molecule has 0 aliphatic rings. The summed E-state index contributed by atoms with van der Waals surface area (Å²) in [7, 11) is -3.03. The van der Waals surface area contributed by atoms with Gasteiger partial charge in [-0.1, -0.05) is 0 Å². The van der Waals surface area contributed by atoms with Crippen LogP contribution in [0.25, 0.3) is 16.7 Å². The number of carbonyl (C=O) groups is 1. The van der Waals surface area contributed by atoms with E-state index in [0.717, 1.165) is 11.5 Å². The molecule has 0 bridgehead atoms. The lowest BCUT2D eigenvalue weighted by atomic mass is 10.2. The lowest BCUT2D eigenvalue weighted by Gasteiger charge is -1.97. The minimum Gasteiger partial charge on any atom is -0.478 e. The average molecular weight is 436 g/mol. The standard InChI is InChI=1S/C15H12N6O6S2/c1-6-10(15(22)23)14(28-20-6)18-17-11-12-16-8-4-3-7(29(24,25)26)5-9(8)21(12)19-13(11)27-2/h3-5,16H,1-2H3,(H,22,23)(H,24,25,26)/b18-17+. The fraction of sp³-hybridized carbons (Fsp3) is 0.133. The van der Waals surface area contributed by atoms with Crippen LogP contribution in [0.4, 0.5) is 10.7 Å². The summed E-state index contributed by atoms with van der Waals surface area (Å²) in [4.78, 5) is 14.1. The number of carboxylic acids is 1. The Kier molecular flexibility index (Phi) is 4.33. The van der Waals surface area contributed by atoms with Crippen molar-refractivity contribution in [1.29, 1.82) is 0 Å². The third kappa shape index (κ3) is 3.12. The number of nitrogens with one attached hydrogen (secondary N) is 1. The molecule has 0 aliphatic heterocycles. The molecule has 0 saturated carbocycles. The predicted octanol–water partition coefficient (Wildman–Crippen LogP) is 2.95. The number of aryl methyl sites for hydroxylation is 1. The van der Waals surface area contributed by atoms with Crippen LogP contribution in [0.15, 0.2) is 33.3 Å². The lowest BCUT2D eigenvalue weighted by Crippen LogP contribution is -1.98. The second-order valence-electron chi connectivity index (χ2n) is 5.85. The number of azo groups is 1. The van der Waals surface area contributed by atoms with E-state index in [4.69, 9.17) is 4.74 Å². The molecule has 1 aromatic carbocycles. The van der Waals surface area contributed by atoms with Crippen LogP contribution < -0.4 is 4.74 Å². The maximum atomic E-state index is 11.4. The Hall–Kier alpha value is -3.36. The molecule has 3 aromatic heterocycles. The van der Waals surface area contributed by atoms with Crippen molar-refractivity contribution in [3.8, 4) is 5.88 Å². The molecule has 12 nitrogen and oxygen atoms in total. The van der Waals surface area contributed by atoms with Gasteiger partial charge in [0.2, 0.25) is 0 Å². The smallest absolute Gasteiger partial charge is 0.340 e. The summed E-state index contributed by atoms with van der Waals surface area (Å²) in [5.74, 6) is -1.09. The number of aromatic nitrogens is 4. The molecule has 4 aromatic rings. The monoisotopic (exact) mass is 436 g/mol. The number of fused-ring (bicyclic) bond motifs is 3. The van der Waals surface area contributed by atoms with Crippen LogP contribution in [-0.2, 0) is 10.1 Å². The number of nitrogens with zero attached hydrogens (tertiary/aromatic N) is 5. The van der Waals surface area contributed by atoms with Crippen LogP contribution in [0.1, 0.15) is 16.1 Å². The van der Waals surface area contributed by atoms with Gasteiger partial charge in [-0.2, -0.15) is 12.8 Å². The summed E-state index contributed by atoms with van der Waals surface area (Å²) in [6.07, 6.45) is 0. The number of imidazole rings is 1. The number of hydrogen-bond acceptors (Lipinski definition) is 9. The largest absolute Gasteiger partial charge is 0.478 e. The molecular weight excluding hydrogens is 424 g/mol. The normalized spacial score (nSPS) is 12.4. The molecule has 0 aliphatic carbocycles. The quantitative estimate of drug-likeness (QED) is 0.316. The highest BCUT2D eigenvalue weighted by atomic mass is 32.2. The summed E-state index contributed by atoms with van der Waals surface area (Å²) >= 11 is 0.891. The average Bonchev–Trinajstić information content (AvgIpc) is 3.29. The molecule has 29 heavy (non-hydrogen) atoms. The third-order valence-electron chi connectivity index (χ3n) is 4.07. The molecule has 0 unspecified atom stereocenters. The first-order valence-electron chi connectivity index (χ1n) is 7.88. The highest BCUT2D eigenvalue weighted by Crippen LogP contribution is 2.36. The highest BCUT2D eigenvalue weighted by Gasteiger charge is 2.21. The molecule has 14 heteroatoms. The number of ether oxygens (including phenoxy) is 1. The first kappa shape index (κ1) is 19.0. The second kappa shape index (κ2) is 6.61. The van der Waals surface area contributed by atoms with E-state index in [0.29, 0.717) is 22.4 Å². The van der Waals surface area contributed by atoms with Crippen molar-refractivity contribution in [2.45, 2.75) is 11.8 Å². The molecule has 0 amide bonds. The third-order valence-corrected chi connectivity index (χ3v) is 5.74. The van der Waals surface area contributed by atoms with Gasteiger partial charge in [0.15, 0.2) is 16.3 Å². The van der Waals surface area contributed by atoms with Crippen LogP contribution in [0.2, 0.25) is 0 Å². The van der Waals surface area contributed by atoms with E-state index < -0.39 is 16.1 Å². The first-order chi connectivity index (χ1) is 13.7. The van der Waals surface area contributed by atoms with Crippen LogP contribution >= 0.6 is 11.5 Å². The first-order valence-corrected chi connectivity index (χ1v) is 10.1. The van der Waals surface area contributed by atoms with E-state index in [1.165, 1.54) is 29.8 Å². The van der Waals surface area contributed by atoms with Gasteiger partial charge in [0.1, 0.15) is 5.56 Å². The van der Waals surface area contributed by atoms with Gasteiger partial charge in [-0.3, -0.25) is 4.55 Å². The Morgan fingerprint density at radius 2 is 2.10 bits per heavy atom. The number of H-pyrrole nitrogens is 1. The molecule has 0 fully saturated rings. The van der Waals surface area contributed by atoms with E-state index in [9.17, 15) is 22.9 Å². The van der Waals surface area contributed by atoms with Gasteiger partial charge in [0.05, 0.1) is 28.7 Å². The van der Waals surface area contributed by atoms with E-state index in [2.05, 4.69) is 24.7 Å². The Morgan fingerprint density at radius 3 is 2.76 bits per heavy atom. The minimum absolute atomic E-state index is 0.0458. The van der Waals surface area contributed by atoms with Crippen LogP contribution in [-0.4, -0.2) is 50.1 Å². The van der Waals surface area contributed by atoms with E-state index in [1.807, 2.05) is 0 Å².